The molecule has 32 heavy (non-hydrogen) atoms. The molecule has 1 fully saturated rings. The van der Waals surface area contributed by atoms with Crippen molar-refractivity contribution in [2.24, 2.45) is 0 Å². The van der Waals surface area contributed by atoms with Gasteiger partial charge < -0.3 is 19.5 Å². The van der Waals surface area contributed by atoms with E-state index in [1.54, 1.807) is 32.0 Å². The zero-order chi connectivity index (χ0) is 23.3. The summed E-state index contributed by atoms with van der Waals surface area (Å²) in [4.78, 5) is 41.1. The number of aromatic nitrogens is 4. The lowest BCUT2D eigenvalue weighted by Crippen LogP contribution is -2.46. The molecule has 0 bridgehead atoms. The maximum Gasteiger partial charge on any atom is 0.346 e. The largest absolute Gasteiger partial charge is 0.483 e. The third-order valence-corrected chi connectivity index (χ3v) is 5.57. The summed E-state index contributed by atoms with van der Waals surface area (Å²) in [5.74, 6) is 1.03. The standard InChI is InChI=1S/C19H26N6O4.CH2O2/c1-22(2)16(26)10-25-18(27)24-13-19(29-11-15(24)21-25)6-8-23(12-19)9-14-5-4-7-20-17(14)28-3;2-1-3/h4-5,7H,6,8-13H2,1-3H3;1H,(H,2,3). The number of rotatable bonds is 5. The van der Waals surface area contributed by atoms with E-state index in [-0.39, 0.29) is 31.2 Å². The van der Waals surface area contributed by atoms with Crippen molar-refractivity contribution in [2.45, 2.75) is 38.3 Å². The minimum Gasteiger partial charge on any atom is -0.483 e. The molecule has 4 heterocycles. The number of methoxy groups -OCH3 is 1. The molecule has 1 unspecified atom stereocenters. The summed E-state index contributed by atoms with van der Waals surface area (Å²) >= 11 is 0. The van der Waals surface area contributed by atoms with Gasteiger partial charge in [-0.25, -0.2) is 14.5 Å². The highest BCUT2D eigenvalue weighted by Gasteiger charge is 2.43. The van der Waals surface area contributed by atoms with Gasteiger partial charge in [-0.1, -0.05) is 6.07 Å². The normalized spacial score (nSPS) is 19.7. The fourth-order valence-electron chi connectivity index (χ4n) is 3.95. The van der Waals surface area contributed by atoms with Crippen LogP contribution in [0.1, 0.15) is 17.8 Å². The quantitative estimate of drug-likeness (QED) is 0.596. The number of ether oxygens (including phenoxy) is 2. The molecular formula is C20H28N6O6. The maximum absolute atomic E-state index is 12.8. The molecule has 2 aromatic heterocycles. The van der Waals surface area contributed by atoms with Crippen molar-refractivity contribution in [2.75, 3.05) is 34.3 Å². The Hall–Kier alpha value is -3.25. The minimum absolute atomic E-state index is 0.0637. The average molecular weight is 448 g/mol. The fourth-order valence-corrected chi connectivity index (χ4v) is 3.95. The van der Waals surface area contributed by atoms with E-state index >= 15 is 0 Å². The van der Waals surface area contributed by atoms with Gasteiger partial charge in [0.15, 0.2) is 5.82 Å². The third-order valence-electron chi connectivity index (χ3n) is 5.57. The van der Waals surface area contributed by atoms with Gasteiger partial charge in [-0.3, -0.25) is 19.1 Å². The van der Waals surface area contributed by atoms with Gasteiger partial charge in [0.25, 0.3) is 6.47 Å². The van der Waals surface area contributed by atoms with Gasteiger partial charge in [0.2, 0.25) is 11.8 Å². The minimum atomic E-state index is -0.425. The SMILES string of the molecule is COc1ncccc1CN1CCC2(C1)Cn1c(nn(CC(=O)N(C)C)c1=O)CO2.O=CO. The summed E-state index contributed by atoms with van der Waals surface area (Å²) < 4.78 is 14.4. The van der Waals surface area contributed by atoms with Crippen LogP contribution < -0.4 is 10.4 Å². The van der Waals surface area contributed by atoms with E-state index in [1.807, 2.05) is 12.1 Å². The second-order valence-electron chi connectivity index (χ2n) is 7.94. The van der Waals surface area contributed by atoms with Crippen LogP contribution in [0.15, 0.2) is 23.1 Å². The molecule has 4 rings (SSSR count). The van der Waals surface area contributed by atoms with E-state index in [2.05, 4.69) is 15.0 Å². The van der Waals surface area contributed by atoms with Gasteiger partial charge in [-0.2, -0.15) is 5.10 Å². The van der Waals surface area contributed by atoms with Crippen LogP contribution in [0.5, 0.6) is 5.88 Å². The molecule has 12 heteroatoms. The van der Waals surface area contributed by atoms with Crippen LogP contribution in [0.4, 0.5) is 0 Å². The molecule has 0 aromatic carbocycles. The zero-order valence-electron chi connectivity index (χ0n) is 18.4. The van der Waals surface area contributed by atoms with Crippen molar-refractivity contribution in [1.29, 1.82) is 0 Å². The molecule has 1 amide bonds. The first-order chi connectivity index (χ1) is 15.3. The highest BCUT2D eigenvalue weighted by Crippen LogP contribution is 2.32. The summed E-state index contributed by atoms with van der Waals surface area (Å²) in [7, 11) is 4.94. The summed E-state index contributed by atoms with van der Waals surface area (Å²) in [6, 6.07) is 3.91. The molecule has 1 atom stereocenters. The van der Waals surface area contributed by atoms with Gasteiger partial charge in [0.1, 0.15) is 18.8 Å². The molecule has 12 nitrogen and oxygen atoms in total. The van der Waals surface area contributed by atoms with E-state index in [9.17, 15) is 9.59 Å². The van der Waals surface area contributed by atoms with Gasteiger partial charge in [-0.05, 0) is 12.5 Å². The zero-order valence-corrected chi connectivity index (χ0v) is 18.4. The molecule has 2 aliphatic rings. The Labute approximate surface area is 185 Å². The van der Waals surface area contributed by atoms with Gasteiger partial charge in [-0.15, -0.1) is 0 Å². The first-order valence-electron chi connectivity index (χ1n) is 10.1. The van der Waals surface area contributed by atoms with Crippen LogP contribution in [-0.2, 0) is 40.6 Å². The summed E-state index contributed by atoms with van der Waals surface area (Å²) in [6.45, 7) is 2.67. The van der Waals surface area contributed by atoms with Crippen molar-refractivity contribution in [3.8, 4) is 5.88 Å². The molecule has 174 valence electrons. The van der Waals surface area contributed by atoms with Crippen LogP contribution in [0.3, 0.4) is 0 Å². The highest BCUT2D eigenvalue weighted by molar-refractivity contribution is 5.75. The number of carboxylic acid groups (broad SMARTS) is 1. The average Bonchev–Trinajstić information content (AvgIpc) is 3.30. The predicted octanol–water partition coefficient (Wildman–Crippen LogP) is -0.588. The number of nitrogens with zero attached hydrogens (tertiary/aromatic N) is 6. The number of hydrogen-bond donors (Lipinski definition) is 1. The van der Waals surface area contributed by atoms with E-state index in [4.69, 9.17) is 19.4 Å². The van der Waals surface area contributed by atoms with Crippen LogP contribution in [-0.4, -0.2) is 86.5 Å². The molecule has 1 saturated heterocycles. The Morgan fingerprint density at radius 2 is 2.16 bits per heavy atom. The summed E-state index contributed by atoms with van der Waals surface area (Å²) in [6.07, 6.45) is 2.54. The van der Waals surface area contributed by atoms with E-state index < -0.39 is 5.60 Å². The molecule has 1 N–H and O–H groups in total. The van der Waals surface area contributed by atoms with E-state index in [0.717, 1.165) is 18.5 Å². The number of likely N-dealkylation sites (N-methyl/N-ethyl adjacent to an activating group) is 1. The second-order valence-corrected chi connectivity index (χ2v) is 7.94. The lowest BCUT2D eigenvalue weighted by atomic mass is 10.0. The Kier molecular flexibility index (Phi) is 7.26. The Morgan fingerprint density at radius 3 is 2.84 bits per heavy atom. The smallest absolute Gasteiger partial charge is 0.346 e. The van der Waals surface area contributed by atoms with Gasteiger partial charge in [0.05, 0.1) is 13.7 Å². The summed E-state index contributed by atoms with van der Waals surface area (Å²) in [5.41, 5.74) is 0.340. The maximum atomic E-state index is 12.8. The van der Waals surface area contributed by atoms with Crippen molar-refractivity contribution in [1.82, 2.24) is 29.1 Å². The van der Waals surface area contributed by atoms with Crippen molar-refractivity contribution in [3.63, 3.8) is 0 Å². The Balaban J connectivity index is 0.000000913. The van der Waals surface area contributed by atoms with E-state index in [1.165, 1.54) is 9.58 Å². The van der Waals surface area contributed by atoms with Gasteiger partial charge >= 0.3 is 5.69 Å². The van der Waals surface area contributed by atoms with Crippen molar-refractivity contribution in [3.05, 3.63) is 40.2 Å². The molecule has 0 saturated carbocycles. The molecule has 0 radical (unpaired) electrons. The fraction of sp³-hybridized carbons (Fsp3) is 0.550. The van der Waals surface area contributed by atoms with Crippen LogP contribution in [0, 0.1) is 0 Å². The number of fused-ring (bicyclic) bond motifs is 1. The lowest BCUT2D eigenvalue weighted by Gasteiger charge is -2.33. The summed E-state index contributed by atoms with van der Waals surface area (Å²) in [5, 5.41) is 11.2. The number of pyridine rings is 1. The lowest BCUT2D eigenvalue weighted by molar-refractivity contribution is -0.129. The molecule has 2 aromatic rings. The molecule has 2 aliphatic heterocycles. The number of carbonyl (C=O) groups excluding carboxylic acids is 1. The number of hydrogen-bond acceptors (Lipinski definition) is 8. The first kappa shape index (κ1) is 23.4. The molecule has 0 aliphatic carbocycles. The number of carbonyl (C=O) groups is 2. The number of likely N-dealkylation sites (tertiary alicyclic amines) is 1. The van der Waals surface area contributed by atoms with E-state index in [0.29, 0.717) is 31.3 Å². The van der Waals surface area contributed by atoms with Crippen LogP contribution >= 0.6 is 0 Å². The molecule has 1 spiro atoms. The number of amides is 1. The van der Waals surface area contributed by atoms with Crippen molar-refractivity contribution >= 4 is 12.4 Å². The first-order valence-corrected chi connectivity index (χ1v) is 10.1. The Bertz CT molecular complexity index is 1020. The topological polar surface area (TPSA) is 132 Å². The van der Waals surface area contributed by atoms with Crippen LogP contribution in [0.25, 0.3) is 0 Å². The van der Waals surface area contributed by atoms with Gasteiger partial charge in [0, 0.05) is 45.5 Å². The predicted molar refractivity (Wildman–Crippen MR) is 112 cm³/mol. The highest BCUT2D eigenvalue weighted by atomic mass is 16.5. The second kappa shape index (κ2) is 9.92. The third kappa shape index (κ3) is 4.97. The monoisotopic (exact) mass is 448 g/mol. The Morgan fingerprint density at radius 1 is 1.41 bits per heavy atom. The van der Waals surface area contributed by atoms with Crippen LogP contribution in [0.2, 0.25) is 0 Å². The van der Waals surface area contributed by atoms with Crippen molar-refractivity contribution < 1.29 is 24.2 Å². The molecular weight excluding hydrogens is 420 g/mol.